The van der Waals surface area contributed by atoms with Gasteiger partial charge in [0.1, 0.15) is 4.83 Å². The molecule has 0 aliphatic carbocycles. The molecule has 150 valence electrons. The standard InChI is InChI=1S/C20H19ClN4O3S/c1-12-13-11-16(19(28)22-9-4-10-24-17(26)7-8-18(24)27)29-20(13)25(23-12)15-6-3-2-5-14(15)21/h2-3,5-6,11H,4,7-10H2,1H3,(H,22,28). The number of carbonyl (C=O) groups is 3. The van der Waals surface area contributed by atoms with Gasteiger partial charge in [-0.05, 0) is 31.5 Å². The zero-order valence-electron chi connectivity index (χ0n) is 15.8. The summed E-state index contributed by atoms with van der Waals surface area (Å²) in [5.74, 6) is -0.453. The number of aromatic nitrogens is 2. The first-order valence-electron chi connectivity index (χ1n) is 9.31. The van der Waals surface area contributed by atoms with E-state index < -0.39 is 0 Å². The van der Waals surface area contributed by atoms with Crippen LogP contribution in [0.15, 0.2) is 30.3 Å². The van der Waals surface area contributed by atoms with Crippen molar-refractivity contribution in [2.75, 3.05) is 13.1 Å². The van der Waals surface area contributed by atoms with Crippen LogP contribution in [0.2, 0.25) is 5.02 Å². The SMILES string of the molecule is Cc1nn(-c2ccccc2Cl)c2sc(C(=O)NCCCN3C(=O)CCC3=O)cc12. The lowest BCUT2D eigenvalue weighted by atomic mass is 10.3. The van der Waals surface area contributed by atoms with Gasteiger partial charge in [-0.15, -0.1) is 11.3 Å². The summed E-state index contributed by atoms with van der Waals surface area (Å²) in [7, 11) is 0. The van der Waals surface area contributed by atoms with Crippen molar-refractivity contribution < 1.29 is 14.4 Å². The molecule has 1 N–H and O–H groups in total. The quantitative estimate of drug-likeness (QED) is 0.480. The van der Waals surface area contributed by atoms with Gasteiger partial charge in [-0.2, -0.15) is 5.10 Å². The summed E-state index contributed by atoms with van der Waals surface area (Å²) >= 11 is 7.66. The summed E-state index contributed by atoms with van der Waals surface area (Å²) in [5, 5.41) is 8.91. The third-order valence-corrected chi connectivity index (χ3v) is 6.28. The number of amides is 3. The maximum Gasteiger partial charge on any atom is 0.261 e. The lowest BCUT2D eigenvalue weighted by Gasteiger charge is -2.13. The maximum atomic E-state index is 12.6. The van der Waals surface area contributed by atoms with Gasteiger partial charge in [-0.25, -0.2) is 4.68 Å². The molecule has 2 aromatic heterocycles. The number of nitrogens with one attached hydrogen (secondary N) is 1. The Morgan fingerprint density at radius 1 is 1.24 bits per heavy atom. The summed E-state index contributed by atoms with van der Waals surface area (Å²) in [6.07, 6.45) is 1.10. The summed E-state index contributed by atoms with van der Waals surface area (Å²) in [6, 6.07) is 9.26. The maximum absolute atomic E-state index is 12.6. The van der Waals surface area contributed by atoms with Gasteiger partial charge in [0.2, 0.25) is 11.8 Å². The topological polar surface area (TPSA) is 84.3 Å². The second-order valence-electron chi connectivity index (χ2n) is 6.83. The lowest BCUT2D eigenvalue weighted by Crippen LogP contribution is -2.33. The van der Waals surface area contributed by atoms with E-state index in [0.717, 1.165) is 21.6 Å². The van der Waals surface area contributed by atoms with E-state index in [2.05, 4.69) is 10.4 Å². The molecule has 3 amide bonds. The molecule has 1 aliphatic heterocycles. The van der Waals surface area contributed by atoms with Crippen LogP contribution in [0.5, 0.6) is 0 Å². The van der Waals surface area contributed by atoms with Crippen molar-refractivity contribution in [1.82, 2.24) is 20.0 Å². The van der Waals surface area contributed by atoms with Gasteiger partial charge in [0, 0.05) is 31.3 Å². The molecule has 0 bridgehead atoms. The minimum atomic E-state index is -0.185. The smallest absolute Gasteiger partial charge is 0.261 e. The zero-order valence-corrected chi connectivity index (χ0v) is 17.3. The van der Waals surface area contributed by atoms with E-state index in [4.69, 9.17) is 11.6 Å². The molecule has 0 unspecified atom stereocenters. The Labute approximate surface area is 176 Å². The minimum Gasteiger partial charge on any atom is -0.351 e. The van der Waals surface area contributed by atoms with Crippen LogP contribution in [0.25, 0.3) is 15.9 Å². The monoisotopic (exact) mass is 430 g/mol. The van der Waals surface area contributed by atoms with E-state index in [1.54, 1.807) is 10.7 Å². The van der Waals surface area contributed by atoms with E-state index in [-0.39, 0.29) is 30.6 Å². The molecule has 3 heterocycles. The number of para-hydroxylation sites is 1. The Bertz CT molecular complexity index is 1100. The number of aryl methyl sites for hydroxylation is 1. The van der Waals surface area contributed by atoms with Crippen LogP contribution < -0.4 is 5.32 Å². The number of carbonyl (C=O) groups excluding carboxylic acids is 3. The molecule has 1 aliphatic rings. The molecule has 1 aromatic carbocycles. The fourth-order valence-electron chi connectivity index (χ4n) is 3.34. The van der Waals surface area contributed by atoms with Crippen molar-refractivity contribution in [2.24, 2.45) is 0 Å². The highest BCUT2D eigenvalue weighted by Gasteiger charge is 2.28. The molecule has 0 radical (unpaired) electrons. The minimum absolute atomic E-state index is 0.134. The Morgan fingerprint density at radius 2 is 1.97 bits per heavy atom. The molecule has 9 heteroatoms. The van der Waals surface area contributed by atoms with Gasteiger partial charge >= 0.3 is 0 Å². The Morgan fingerprint density at radius 3 is 2.69 bits per heavy atom. The zero-order chi connectivity index (χ0) is 20.5. The molecule has 4 rings (SSSR count). The van der Waals surface area contributed by atoms with Crippen molar-refractivity contribution in [3.05, 3.63) is 45.9 Å². The van der Waals surface area contributed by atoms with Crippen LogP contribution in [-0.4, -0.2) is 45.5 Å². The number of rotatable bonds is 6. The molecule has 29 heavy (non-hydrogen) atoms. The summed E-state index contributed by atoms with van der Waals surface area (Å²) in [5.41, 5.74) is 1.59. The number of hydrogen-bond donors (Lipinski definition) is 1. The van der Waals surface area contributed by atoms with Crippen molar-refractivity contribution in [2.45, 2.75) is 26.2 Å². The molecule has 1 fully saturated rings. The first-order valence-corrected chi connectivity index (χ1v) is 10.5. The number of nitrogens with zero attached hydrogens (tertiary/aromatic N) is 3. The van der Waals surface area contributed by atoms with Crippen LogP contribution in [0.3, 0.4) is 0 Å². The fourth-order valence-corrected chi connectivity index (χ4v) is 4.65. The van der Waals surface area contributed by atoms with Gasteiger partial charge in [0.05, 0.1) is 21.3 Å². The molecular formula is C20H19ClN4O3S. The first-order chi connectivity index (χ1) is 14.0. The molecular weight excluding hydrogens is 412 g/mol. The van der Waals surface area contributed by atoms with Crippen LogP contribution in [0.4, 0.5) is 0 Å². The average Bonchev–Trinajstić information content (AvgIpc) is 3.36. The Hall–Kier alpha value is -2.71. The molecule has 0 saturated carbocycles. The first kappa shape index (κ1) is 19.6. The third-order valence-electron chi connectivity index (χ3n) is 4.85. The second-order valence-corrected chi connectivity index (χ2v) is 8.26. The van der Waals surface area contributed by atoms with E-state index in [0.29, 0.717) is 29.4 Å². The van der Waals surface area contributed by atoms with E-state index in [1.807, 2.05) is 31.2 Å². The van der Waals surface area contributed by atoms with Gasteiger partial charge in [0.25, 0.3) is 5.91 Å². The van der Waals surface area contributed by atoms with Crippen molar-refractivity contribution >= 4 is 50.9 Å². The second kappa shape index (κ2) is 7.96. The molecule has 3 aromatic rings. The highest BCUT2D eigenvalue weighted by atomic mass is 35.5. The summed E-state index contributed by atoms with van der Waals surface area (Å²) < 4.78 is 1.76. The predicted molar refractivity (Wildman–Crippen MR) is 112 cm³/mol. The number of likely N-dealkylation sites (tertiary alicyclic amines) is 1. The molecule has 0 spiro atoms. The highest BCUT2D eigenvalue weighted by molar-refractivity contribution is 7.20. The Kier molecular flexibility index (Phi) is 5.38. The van der Waals surface area contributed by atoms with E-state index in [9.17, 15) is 14.4 Å². The summed E-state index contributed by atoms with van der Waals surface area (Å²) in [4.78, 5) is 38.5. The van der Waals surface area contributed by atoms with E-state index >= 15 is 0 Å². The molecule has 1 saturated heterocycles. The van der Waals surface area contributed by atoms with Gasteiger partial charge in [-0.1, -0.05) is 23.7 Å². The third kappa shape index (κ3) is 3.77. The summed E-state index contributed by atoms with van der Waals surface area (Å²) in [6.45, 7) is 2.62. The van der Waals surface area contributed by atoms with Crippen molar-refractivity contribution in [1.29, 1.82) is 0 Å². The number of halogens is 1. The largest absolute Gasteiger partial charge is 0.351 e. The number of benzene rings is 1. The van der Waals surface area contributed by atoms with Crippen LogP contribution in [0.1, 0.15) is 34.6 Å². The Balaban J connectivity index is 1.45. The van der Waals surface area contributed by atoms with Crippen LogP contribution in [0, 0.1) is 6.92 Å². The number of hydrogen-bond acceptors (Lipinski definition) is 5. The van der Waals surface area contributed by atoms with Gasteiger partial charge in [-0.3, -0.25) is 19.3 Å². The van der Waals surface area contributed by atoms with Crippen molar-refractivity contribution in [3.63, 3.8) is 0 Å². The molecule has 0 atom stereocenters. The fraction of sp³-hybridized carbons (Fsp3) is 0.300. The predicted octanol–water partition coefficient (Wildman–Crippen LogP) is 3.32. The highest BCUT2D eigenvalue weighted by Crippen LogP contribution is 2.32. The van der Waals surface area contributed by atoms with E-state index in [1.165, 1.54) is 16.2 Å². The van der Waals surface area contributed by atoms with Gasteiger partial charge in [0.15, 0.2) is 0 Å². The number of fused-ring (bicyclic) bond motifs is 1. The average molecular weight is 431 g/mol. The lowest BCUT2D eigenvalue weighted by molar-refractivity contribution is -0.138. The van der Waals surface area contributed by atoms with Crippen molar-refractivity contribution in [3.8, 4) is 5.69 Å². The normalized spacial score (nSPS) is 14.2. The van der Waals surface area contributed by atoms with Gasteiger partial charge < -0.3 is 5.32 Å². The molecule has 7 nitrogen and oxygen atoms in total. The number of thiophene rings is 1. The number of imide groups is 1. The van der Waals surface area contributed by atoms with Crippen LogP contribution >= 0.6 is 22.9 Å². The van der Waals surface area contributed by atoms with Crippen LogP contribution in [-0.2, 0) is 9.59 Å².